The fourth-order valence-corrected chi connectivity index (χ4v) is 3.43. The first-order valence-electron chi connectivity index (χ1n) is 7.64. The van der Waals surface area contributed by atoms with Crippen molar-refractivity contribution in [1.82, 2.24) is 4.98 Å². The fraction of sp³-hybridized carbons (Fsp3) is 0.294. The molecule has 1 amide bonds. The molecule has 6 heteroatoms. The number of nitrogens with one attached hydrogen (secondary N) is 1. The van der Waals surface area contributed by atoms with Gasteiger partial charge in [-0.1, -0.05) is 12.1 Å². The van der Waals surface area contributed by atoms with Gasteiger partial charge in [-0.2, -0.15) is 11.8 Å². The molecule has 0 aliphatic carbocycles. The SMILES string of the molecule is NC(=O)c1cc(NCc2ccc(N3CCSCC3)cc2)ccn1. The van der Waals surface area contributed by atoms with E-state index in [0.717, 1.165) is 18.8 Å². The smallest absolute Gasteiger partial charge is 0.267 e. The maximum Gasteiger partial charge on any atom is 0.267 e. The molecule has 2 heterocycles. The van der Waals surface area contributed by atoms with E-state index < -0.39 is 5.91 Å². The molecule has 3 rings (SSSR count). The summed E-state index contributed by atoms with van der Waals surface area (Å²) in [5.74, 6) is 1.89. The number of aromatic nitrogens is 1. The number of thioether (sulfide) groups is 1. The van der Waals surface area contributed by atoms with Crippen LogP contribution < -0.4 is 16.0 Å². The van der Waals surface area contributed by atoms with Crippen molar-refractivity contribution >= 4 is 29.0 Å². The van der Waals surface area contributed by atoms with E-state index in [9.17, 15) is 4.79 Å². The predicted octanol–water partition coefficient (Wildman–Crippen LogP) is 2.35. The molecule has 120 valence electrons. The Bertz CT molecular complexity index is 669. The van der Waals surface area contributed by atoms with Crippen molar-refractivity contribution in [2.45, 2.75) is 6.54 Å². The molecule has 0 atom stereocenters. The maximum absolute atomic E-state index is 11.1. The van der Waals surface area contributed by atoms with Crippen LogP contribution in [0.15, 0.2) is 42.6 Å². The van der Waals surface area contributed by atoms with E-state index in [1.807, 2.05) is 17.8 Å². The molecule has 1 aromatic carbocycles. The molecule has 1 aliphatic heterocycles. The first kappa shape index (κ1) is 15.7. The number of benzene rings is 1. The highest BCUT2D eigenvalue weighted by Crippen LogP contribution is 2.20. The molecule has 0 spiro atoms. The number of amides is 1. The summed E-state index contributed by atoms with van der Waals surface area (Å²) in [6, 6.07) is 12.1. The summed E-state index contributed by atoms with van der Waals surface area (Å²) in [7, 11) is 0. The summed E-state index contributed by atoms with van der Waals surface area (Å²) in [5, 5.41) is 3.29. The topological polar surface area (TPSA) is 71.2 Å². The van der Waals surface area contributed by atoms with Crippen LogP contribution in [0.1, 0.15) is 16.1 Å². The minimum Gasteiger partial charge on any atom is -0.381 e. The van der Waals surface area contributed by atoms with Crippen LogP contribution in [0.4, 0.5) is 11.4 Å². The Balaban J connectivity index is 1.60. The number of hydrogen-bond acceptors (Lipinski definition) is 5. The average molecular weight is 328 g/mol. The van der Waals surface area contributed by atoms with Crippen LogP contribution in [-0.2, 0) is 6.54 Å². The third-order valence-electron chi connectivity index (χ3n) is 3.82. The molecular weight excluding hydrogens is 308 g/mol. The largest absolute Gasteiger partial charge is 0.381 e. The zero-order valence-corrected chi connectivity index (χ0v) is 13.7. The van der Waals surface area contributed by atoms with Gasteiger partial charge in [0.05, 0.1) is 0 Å². The van der Waals surface area contributed by atoms with Crippen LogP contribution in [0.5, 0.6) is 0 Å². The van der Waals surface area contributed by atoms with Gasteiger partial charge in [-0.15, -0.1) is 0 Å². The van der Waals surface area contributed by atoms with Crippen molar-refractivity contribution in [2.75, 3.05) is 34.8 Å². The van der Waals surface area contributed by atoms with E-state index in [-0.39, 0.29) is 5.69 Å². The van der Waals surface area contributed by atoms with Crippen LogP contribution in [0.25, 0.3) is 0 Å². The van der Waals surface area contributed by atoms with Gasteiger partial charge >= 0.3 is 0 Å². The normalized spacial score (nSPS) is 14.5. The second-order valence-electron chi connectivity index (χ2n) is 5.41. The van der Waals surface area contributed by atoms with Gasteiger partial charge in [-0.3, -0.25) is 9.78 Å². The average Bonchev–Trinajstić information content (AvgIpc) is 2.61. The van der Waals surface area contributed by atoms with E-state index in [2.05, 4.69) is 39.5 Å². The molecule has 1 saturated heterocycles. The molecule has 2 aromatic rings. The maximum atomic E-state index is 11.1. The number of nitrogens with zero attached hydrogens (tertiary/aromatic N) is 2. The molecule has 5 nitrogen and oxygen atoms in total. The molecule has 3 N–H and O–H groups in total. The summed E-state index contributed by atoms with van der Waals surface area (Å²) < 4.78 is 0. The number of rotatable bonds is 5. The van der Waals surface area contributed by atoms with E-state index in [4.69, 9.17) is 5.73 Å². The lowest BCUT2D eigenvalue weighted by Gasteiger charge is -2.28. The number of primary amides is 1. The van der Waals surface area contributed by atoms with E-state index in [0.29, 0.717) is 6.54 Å². The molecule has 1 fully saturated rings. The van der Waals surface area contributed by atoms with Crippen molar-refractivity contribution in [3.05, 3.63) is 53.9 Å². The molecule has 1 aliphatic rings. The van der Waals surface area contributed by atoms with Gasteiger partial charge < -0.3 is 16.0 Å². The third kappa shape index (κ3) is 4.16. The monoisotopic (exact) mass is 328 g/mol. The lowest BCUT2D eigenvalue weighted by molar-refractivity contribution is 0.0995. The van der Waals surface area contributed by atoms with Crippen molar-refractivity contribution < 1.29 is 4.79 Å². The fourth-order valence-electron chi connectivity index (χ4n) is 2.53. The number of carbonyl (C=O) groups is 1. The van der Waals surface area contributed by atoms with E-state index in [1.54, 1.807) is 12.3 Å². The van der Waals surface area contributed by atoms with Crippen molar-refractivity contribution in [1.29, 1.82) is 0 Å². The lowest BCUT2D eigenvalue weighted by Crippen LogP contribution is -2.32. The Hall–Kier alpha value is -2.21. The molecule has 1 aromatic heterocycles. The summed E-state index contributed by atoms with van der Waals surface area (Å²) in [5.41, 5.74) is 8.83. The van der Waals surface area contributed by atoms with Crippen LogP contribution in [0.2, 0.25) is 0 Å². The molecule has 0 unspecified atom stereocenters. The van der Waals surface area contributed by atoms with Gasteiger partial charge in [0.15, 0.2) is 0 Å². The van der Waals surface area contributed by atoms with Crippen LogP contribution in [0, 0.1) is 0 Å². The van der Waals surface area contributed by atoms with Crippen molar-refractivity contribution in [3.8, 4) is 0 Å². The quantitative estimate of drug-likeness (QED) is 0.881. The standard InChI is InChI=1S/C17H20N4OS/c18-17(22)16-11-14(5-6-19-16)20-12-13-1-3-15(4-2-13)21-7-9-23-10-8-21/h1-6,11H,7-10,12H2,(H2,18,22)(H,19,20). The van der Waals surface area contributed by atoms with Crippen molar-refractivity contribution in [2.24, 2.45) is 5.73 Å². The van der Waals surface area contributed by atoms with E-state index in [1.165, 1.54) is 22.8 Å². The minimum absolute atomic E-state index is 0.272. The summed E-state index contributed by atoms with van der Waals surface area (Å²) in [4.78, 5) is 17.5. The second kappa shape index (κ2) is 7.37. The van der Waals surface area contributed by atoms with Gasteiger partial charge in [-0.05, 0) is 29.8 Å². The van der Waals surface area contributed by atoms with Crippen LogP contribution in [0.3, 0.4) is 0 Å². The molecule has 0 saturated carbocycles. The Morgan fingerprint density at radius 1 is 1.22 bits per heavy atom. The van der Waals surface area contributed by atoms with Gasteiger partial charge in [0.25, 0.3) is 5.91 Å². The van der Waals surface area contributed by atoms with Crippen molar-refractivity contribution in [3.63, 3.8) is 0 Å². The second-order valence-corrected chi connectivity index (χ2v) is 6.64. The highest BCUT2D eigenvalue weighted by Gasteiger charge is 2.10. The highest BCUT2D eigenvalue weighted by molar-refractivity contribution is 7.99. The first-order chi connectivity index (χ1) is 11.2. The Morgan fingerprint density at radius 2 is 1.96 bits per heavy atom. The highest BCUT2D eigenvalue weighted by atomic mass is 32.2. The molecule has 0 radical (unpaired) electrons. The number of pyridine rings is 1. The van der Waals surface area contributed by atoms with Crippen LogP contribution >= 0.6 is 11.8 Å². The zero-order chi connectivity index (χ0) is 16.1. The number of nitrogens with two attached hydrogens (primary N) is 1. The summed E-state index contributed by atoms with van der Waals surface area (Å²) in [6.07, 6.45) is 1.58. The van der Waals surface area contributed by atoms with E-state index >= 15 is 0 Å². The number of hydrogen-bond donors (Lipinski definition) is 2. The Labute approximate surface area is 140 Å². The van der Waals surface area contributed by atoms with Gasteiger partial charge in [0, 0.05) is 48.7 Å². The van der Waals surface area contributed by atoms with Gasteiger partial charge in [0.2, 0.25) is 0 Å². The third-order valence-corrected chi connectivity index (χ3v) is 4.76. The number of anilines is 2. The number of carbonyl (C=O) groups excluding carboxylic acids is 1. The molecule has 0 bridgehead atoms. The summed E-state index contributed by atoms with van der Waals surface area (Å²) >= 11 is 2.02. The minimum atomic E-state index is -0.516. The Kier molecular flexibility index (Phi) is 5.02. The first-order valence-corrected chi connectivity index (χ1v) is 8.79. The lowest BCUT2D eigenvalue weighted by atomic mass is 10.2. The van der Waals surface area contributed by atoms with Crippen LogP contribution in [-0.4, -0.2) is 35.5 Å². The predicted molar refractivity (Wildman–Crippen MR) is 96.1 cm³/mol. The zero-order valence-electron chi connectivity index (χ0n) is 12.9. The van der Waals surface area contributed by atoms with Gasteiger partial charge in [0.1, 0.15) is 5.69 Å². The Morgan fingerprint density at radius 3 is 2.65 bits per heavy atom. The molecular formula is C17H20N4OS. The summed E-state index contributed by atoms with van der Waals surface area (Å²) in [6.45, 7) is 2.93. The van der Waals surface area contributed by atoms with Gasteiger partial charge in [-0.25, -0.2) is 0 Å². The molecule has 23 heavy (non-hydrogen) atoms.